The lowest BCUT2D eigenvalue weighted by Crippen LogP contribution is -2.49. The lowest BCUT2D eigenvalue weighted by Gasteiger charge is -2.34. The molecule has 2 amide bonds. The summed E-state index contributed by atoms with van der Waals surface area (Å²) in [6, 6.07) is 16.1. The van der Waals surface area contributed by atoms with E-state index in [2.05, 4.69) is 20.2 Å². The minimum atomic E-state index is -0.264. The highest BCUT2D eigenvalue weighted by atomic mass is 16.5. The molecular weight excluding hydrogens is 434 g/mol. The van der Waals surface area contributed by atoms with Crippen LogP contribution in [0.25, 0.3) is 0 Å². The Balaban J connectivity index is 1.21. The number of methoxy groups -OCH3 is 1. The van der Waals surface area contributed by atoms with Gasteiger partial charge in [-0.3, -0.25) is 9.59 Å². The number of nitrogens with one attached hydrogen (secondary N) is 1. The van der Waals surface area contributed by atoms with Gasteiger partial charge in [0.1, 0.15) is 11.5 Å². The Labute approximate surface area is 198 Å². The molecule has 0 spiro atoms. The first-order valence-electron chi connectivity index (χ1n) is 11.1. The maximum atomic E-state index is 12.7. The first-order valence-corrected chi connectivity index (χ1v) is 11.1. The summed E-state index contributed by atoms with van der Waals surface area (Å²) >= 11 is 0. The molecule has 1 aromatic heterocycles. The summed E-state index contributed by atoms with van der Waals surface area (Å²) in [4.78, 5) is 37.4. The van der Waals surface area contributed by atoms with E-state index in [0.717, 1.165) is 11.3 Å². The first kappa shape index (κ1) is 23.0. The van der Waals surface area contributed by atoms with Gasteiger partial charge in [0.2, 0.25) is 11.9 Å². The van der Waals surface area contributed by atoms with E-state index in [1.54, 1.807) is 62.0 Å². The van der Waals surface area contributed by atoms with Gasteiger partial charge in [-0.15, -0.1) is 0 Å². The number of carbonyl (C=O) groups excluding carboxylic acids is 2. The molecule has 0 radical (unpaired) electrons. The third kappa shape index (κ3) is 6.22. The van der Waals surface area contributed by atoms with Gasteiger partial charge in [0.05, 0.1) is 13.5 Å². The van der Waals surface area contributed by atoms with Crippen molar-refractivity contribution < 1.29 is 19.1 Å². The molecular formula is C25H27N5O4. The normalized spacial score (nSPS) is 13.3. The number of hydrogen-bond donors (Lipinski definition) is 1. The zero-order chi connectivity index (χ0) is 23.8. The molecule has 0 saturated carbocycles. The van der Waals surface area contributed by atoms with Crippen molar-refractivity contribution in [2.24, 2.45) is 0 Å². The summed E-state index contributed by atoms with van der Waals surface area (Å²) in [6.45, 7) is 2.59. The van der Waals surface area contributed by atoms with Gasteiger partial charge >= 0.3 is 0 Å². The molecule has 1 aliphatic rings. The van der Waals surface area contributed by atoms with Crippen molar-refractivity contribution in [3.63, 3.8) is 0 Å². The molecule has 3 aromatic rings. The molecule has 0 unspecified atom stereocenters. The lowest BCUT2D eigenvalue weighted by atomic mass is 10.1. The molecule has 176 valence electrons. The minimum absolute atomic E-state index is 0.0818. The van der Waals surface area contributed by atoms with Crippen LogP contribution in [0.5, 0.6) is 11.5 Å². The largest absolute Gasteiger partial charge is 0.497 e. The second kappa shape index (κ2) is 11.1. The second-order valence-electron chi connectivity index (χ2n) is 7.80. The second-order valence-corrected chi connectivity index (χ2v) is 7.80. The Hall–Kier alpha value is -4.14. The van der Waals surface area contributed by atoms with Gasteiger partial charge < -0.3 is 24.6 Å². The molecule has 9 heteroatoms. The molecule has 2 heterocycles. The van der Waals surface area contributed by atoms with Crippen molar-refractivity contribution >= 4 is 23.5 Å². The van der Waals surface area contributed by atoms with Crippen molar-refractivity contribution in [1.29, 1.82) is 0 Å². The average molecular weight is 462 g/mol. The fourth-order valence-electron chi connectivity index (χ4n) is 3.62. The summed E-state index contributed by atoms with van der Waals surface area (Å²) in [6.07, 6.45) is 3.76. The van der Waals surface area contributed by atoms with E-state index in [4.69, 9.17) is 9.47 Å². The van der Waals surface area contributed by atoms with Crippen molar-refractivity contribution in [2.75, 3.05) is 50.1 Å². The van der Waals surface area contributed by atoms with Crippen molar-refractivity contribution in [2.45, 2.75) is 6.42 Å². The highest BCUT2D eigenvalue weighted by Crippen LogP contribution is 2.17. The predicted octanol–water partition coefficient (Wildman–Crippen LogP) is 2.39. The number of rotatable bonds is 8. The van der Waals surface area contributed by atoms with Gasteiger partial charge in [-0.25, -0.2) is 9.97 Å². The number of nitrogens with zero attached hydrogens (tertiary/aromatic N) is 4. The number of ether oxygens (including phenoxy) is 2. The smallest absolute Gasteiger partial charge is 0.262 e. The molecule has 1 aliphatic heterocycles. The maximum absolute atomic E-state index is 12.7. The number of carbonyl (C=O) groups is 2. The zero-order valence-corrected chi connectivity index (χ0v) is 19.0. The van der Waals surface area contributed by atoms with Crippen molar-refractivity contribution in [1.82, 2.24) is 14.9 Å². The van der Waals surface area contributed by atoms with E-state index in [1.165, 1.54) is 0 Å². The molecule has 4 rings (SSSR count). The molecule has 0 bridgehead atoms. The molecule has 1 saturated heterocycles. The average Bonchev–Trinajstić information content (AvgIpc) is 2.89. The number of benzene rings is 2. The monoisotopic (exact) mass is 461 g/mol. The minimum Gasteiger partial charge on any atom is -0.497 e. The summed E-state index contributed by atoms with van der Waals surface area (Å²) in [7, 11) is 1.59. The molecule has 2 aromatic carbocycles. The SMILES string of the molecule is COc1ccc(OCC(=O)Nc2ccc(CC(=O)N3CCN(c4ncccn4)CC3)cc2)cc1. The Kier molecular flexibility index (Phi) is 7.54. The number of amides is 2. The van der Waals surface area contributed by atoms with E-state index in [0.29, 0.717) is 50.0 Å². The van der Waals surface area contributed by atoms with Gasteiger partial charge in [0, 0.05) is 44.3 Å². The standard InChI is InChI=1S/C25H27N5O4/c1-33-21-7-9-22(10-8-21)34-18-23(31)28-20-5-3-19(4-6-20)17-24(32)29-13-15-30(16-14-29)25-26-11-2-12-27-25/h2-12H,13-18H2,1H3,(H,28,31). The molecule has 9 nitrogen and oxygen atoms in total. The van der Waals surface area contributed by atoms with Crippen LogP contribution in [0.3, 0.4) is 0 Å². The van der Waals surface area contributed by atoms with Crippen LogP contribution in [0.2, 0.25) is 0 Å². The number of piperazine rings is 1. The summed E-state index contributed by atoms with van der Waals surface area (Å²) in [5.74, 6) is 1.82. The Bertz CT molecular complexity index is 1080. The van der Waals surface area contributed by atoms with Gasteiger partial charge in [0.15, 0.2) is 6.61 Å². The van der Waals surface area contributed by atoms with Crippen LogP contribution in [0.1, 0.15) is 5.56 Å². The highest BCUT2D eigenvalue weighted by molar-refractivity contribution is 5.92. The van der Waals surface area contributed by atoms with E-state index in [-0.39, 0.29) is 18.4 Å². The molecule has 1 fully saturated rings. The summed E-state index contributed by atoms with van der Waals surface area (Å²) in [5, 5.41) is 2.80. The summed E-state index contributed by atoms with van der Waals surface area (Å²) < 4.78 is 10.6. The zero-order valence-electron chi connectivity index (χ0n) is 19.0. The first-order chi connectivity index (χ1) is 16.6. The number of aromatic nitrogens is 2. The van der Waals surface area contributed by atoms with Crippen LogP contribution in [-0.2, 0) is 16.0 Å². The van der Waals surface area contributed by atoms with Crippen LogP contribution in [-0.4, -0.2) is 66.6 Å². The van der Waals surface area contributed by atoms with Crippen LogP contribution in [0.15, 0.2) is 67.0 Å². The van der Waals surface area contributed by atoms with Crippen LogP contribution < -0.4 is 19.7 Å². The predicted molar refractivity (Wildman–Crippen MR) is 128 cm³/mol. The van der Waals surface area contributed by atoms with Gasteiger partial charge in [-0.05, 0) is 48.0 Å². The molecule has 0 aliphatic carbocycles. The molecule has 1 N–H and O–H groups in total. The van der Waals surface area contributed by atoms with Gasteiger partial charge in [0.25, 0.3) is 5.91 Å². The van der Waals surface area contributed by atoms with E-state index in [1.807, 2.05) is 17.0 Å². The Morgan fingerprint density at radius 2 is 1.56 bits per heavy atom. The maximum Gasteiger partial charge on any atom is 0.262 e. The van der Waals surface area contributed by atoms with Crippen molar-refractivity contribution in [3.8, 4) is 11.5 Å². The van der Waals surface area contributed by atoms with E-state index >= 15 is 0 Å². The van der Waals surface area contributed by atoms with Crippen molar-refractivity contribution in [3.05, 3.63) is 72.6 Å². The van der Waals surface area contributed by atoms with Gasteiger partial charge in [-0.2, -0.15) is 0 Å². The Morgan fingerprint density at radius 3 is 2.21 bits per heavy atom. The highest BCUT2D eigenvalue weighted by Gasteiger charge is 2.22. The summed E-state index contributed by atoms with van der Waals surface area (Å²) in [5.41, 5.74) is 1.54. The van der Waals surface area contributed by atoms with Crippen LogP contribution in [0.4, 0.5) is 11.6 Å². The van der Waals surface area contributed by atoms with E-state index in [9.17, 15) is 9.59 Å². The quantitative estimate of drug-likeness (QED) is 0.550. The topological polar surface area (TPSA) is 96.9 Å². The van der Waals surface area contributed by atoms with E-state index < -0.39 is 0 Å². The fourth-order valence-corrected chi connectivity index (χ4v) is 3.62. The van der Waals surface area contributed by atoms with Crippen LogP contribution >= 0.6 is 0 Å². The lowest BCUT2D eigenvalue weighted by molar-refractivity contribution is -0.130. The molecule has 34 heavy (non-hydrogen) atoms. The van der Waals surface area contributed by atoms with Gasteiger partial charge in [-0.1, -0.05) is 12.1 Å². The third-order valence-electron chi connectivity index (χ3n) is 5.49. The fraction of sp³-hybridized carbons (Fsp3) is 0.280. The van der Waals surface area contributed by atoms with Crippen LogP contribution in [0, 0.1) is 0 Å². The molecule has 0 atom stereocenters. The Morgan fingerprint density at radius 1 is 0.912 bits per heavy atom. The number of hydrogen-bond acceptors (Lipinski definition) is 7. The number of anilines is 2. The third-order valence-corrected chi connectivity index (χ3v) is 5.49.